The van der Waals surface area contributed by atoms with Crippen LogP contribution in [0, 0.1) is 5.92 Å². The van der Waals surface area contributed by atoms with Gasteiger partial charge in [0, 0.05) is 48.4 Å². The number of fused-ring (bicyclic) bond motifs is 1. The van der Waals surface area contributed by atoms with Crippen molar-refractivity contribution in [2.24, 2.45) is 18.7 Å². The third-order valence-corrected chi connectivity index (χ3v) is 10.6. The number of amides is 4. The number of carbonyl (C=O) groups is 4. The van der Waals surface area contributed by atoms with Crippen molar-refractivity contribution >= 4 is 34.5 Å². The predicted molar refractivity (Wildman–Crippen MR) is 181 cm³/mol. The Hall–Kier alpha value is -4.18. The molecule has 1 aromatic heterocycles. The first-order valence-electron chi connectivity index (χ1n) is 17.3. The molecule has 10 heteroatoms. The maximum absolute atomic E-state index is 14.1. The summed E-state index contributed by atoms with van der Waals surface area (Å²) in [5, 5.41) is 13.4. The lowest BCUT2D eigenvalue weighted by Gasteiger charge is -2.31. The fraction of sp³-hybridized carbons (Fsp3) is 0.514. The first kappa shape index (κ1) is 32.7. The lowest BCUT2D eigenvalue weighted by Crippen LogP contribution is -2.61. The standard InChI is InChI=1S/C37H48N6O4/c1-43-31-16-8-5-13-25(31)23-32(43)35(46)42-37(19-9-10-20-37)36(47)41-30(21-24-11-3-2-4-12-24)34(45)39-27-18-17-26(22-27)33(44)40-29-15-7-6-14-28(29)38/h2-5,8,11-13,16,23,26-30H,6-7,9-10,14-15,17-22,38H2,1H3,(H,39,45)(H,40,44)(H,41,47)(H,42,46)/t26-,27+,28+,29+,30-/m1/s1. The van der Waals surface area contributed by atoms with Crippen LogP contribution in [0.1, 0.15) is 86.7 Å². The zero-order valence-corrected chi connectivity index (χ0v) is 27.3. The van der Waals surface area contributed by atoms with Gasteiger partial charge < -0.3 is 31.6 Å². The number of benzene rings is 2. The molecule has 3 aromatic rings. The molecule has 250 valence electrons. The molecule has 0 bridgehead atoms. The van der Waals surface area contributed by atoms with Crippen molar-refractivity contribution in [3.63, 3.8) is 0 Å². The summed E-state index contributed by atoms with van der Waals surface area (Å²) in [4.78, 5) is 54.7. The first-order chi connectivity index (χ1) is 22.7. The molecule has 4 amide bonds. The molecule has 3 fully saturated rings. The van der Waals surface area contributed by atoms with E-state index >= 15 is 0 Å². The average Bonchev–Trinajstić information content (AvgIpc) is 3.82. The van der Waals surface area contributed by atoms with E-state index in [1.165, 1.54) is 0 Å². The van der Waals surface area contributed by atoms with Crippen molar-refractivity contribution in [2.75, 3.05) is 0 Å². The van der Waals surface area contributed by atoms with Gasteiger partial charge in [-0.1, -0.05) is 74.2 Å². The van der Waals surface area contributed by atoms with Gasteiger partial charge in [0.1, 0.15) is 17.3 Å². The van der Waals surface area contributed by atoms with E-state index in [9.17, 15) is 19.2 Å². The fourth-order valence-electron chi connectivity index (χ4n) is 7.82. The molecular formula is C37H48N6O4. The molecule has 5 atom stereocenters. The summed E-state index contributed by atoms with van der Waals surface area (Å²) in [7, 11) is 1.85. The zero-order valence-electron chi connectivity index (χ0n) is 27.3. The van der Waals surface area contributed by atoms with E-state index in [-0.39, 0.29) is 47.7 Å². The van der Waals surface area contributed by atoms with Gasteiger partial charge in [0.15, 0.2) is 0 Å². The Bertz CT molecular complexity index is 1600. The molecule has 3 saturated carbocycles. The van der Waals surface area contributed by atoms with Crippen LogP contribution in [-0.2, 0) is 27.9 Å². The average molecular weight is 641 g/mol. The topological polar surface area (TPSA) is 147 Å². The van der Waals surface area contributed by atoms with Crippen molar-refractivity contribution in [3.05, 3.63) is 71.9 Å². The Morgan fingerprint density at radius 2 is 1.62 bits per heavy atom. The summed E-state index contributed by atoms with van der Waals surface area (Å²) in [6.07, 6.45) is 8.85. The van der Waals surface area contributed by atoms with Gasteiger partial charge in [-0.15, -0.1) is 0 Å². The van der Waals surface area contributed by atoms with Crippen molar-refractivity contribution in [2.45, 2.75) is 107 Å². The number of nitrogens with one attached hydrogen (secondary N) is 4. The van der Waals surface area contributed by atoms with E-state index in [4.69, 9.17) is 5.73 Å². The first-order valence-corrected chi connectivity index (χ1v) is 17.3. The van der Waals surface area contributed by atoms with Gasteiger partial charge in [-0.25, -0.2) is 0 Å². The molecule has 0 radical (unpaired) electrons. The second-order valence-electron chi connectivity index (χ2n) is 13.9. The number of hydrogen-bond donors (Lipinski definition) is 5. The number of aromatic nitrogens is 1. The maximum atomic E-state index is 14.1. The van der Waals surface area contributed by atoms with Crippen LogP contribution >= 0.6 is 0 Å². The highest BCUT2D eigenvalue weighted by Gasteiger charge is 2.44. The van der Waals surface area contributed by atoms with Gasteiger partial charge in [-0.2, -0.15) is 0 Å². The summed E-state index contributed by atoms with van der Waals surface area (Å²) in [6.45, 7) is 0. The molecule has 0 saturated heterocycles. The molecule has 10 nitrogen and oxygen atoms in total. The predicted octanol–water partition coefficient (Wildman–Crippen LogP) is 3.62. The van der Waals surface area contributed by atoms with E-state index < -0.39 is 11.6 Å². The number of nitrogens with two attached hydrogens (primary N) is 1. The summed E-state index contributed by atoms with van der Waals surface area (Å²) >= 11 is 0. The molecule has 47 heavy (non-hydrogen) atoms. The Morgan fingerprint density at radius 3 is 2.36 bits per heavy atom. The minimum atomic E-state index is -1.11. The number of para-hydroxylation sites is 1. The molecule has 6 N–H and O–H groups in total. The summed E-state index contributed by atoms with van der Waals surface area (Å²) in [5.41, 5.74) is 7.48. The lowest BCUT2D eigenvalue weighted by atomic mass is 9.90. The van der Waals surface area contributed by atoms with Crippen molar-refractivity contribution in [1.29, 1.82) is 0 Å². The summed E-state index contributed by atoms with van der Waals surface area (Å²) in [5.74, 6) is -1.10. The second-order valence-corrected chi connectivity index (χ2v) is 13.9. The van der Waals surface area contributed by atoms with Crippen LogP contribution in [-0.4, -0.2) is 57.9 Å². The molecule has 3 aliphatic carbocycles. The molecule has 6 rings (SSSR count). The zero-order chi connectivity index (χ0) is 33.0. The van der Waals surface area contributed by atoms with Crippen LogP contribution in [0.4, 0.5) is 0 Å². The normalized spacial score (nSPS) is 24.4. The number of hydrogen-bond acceptors (Lipinski definition) is 5. The van der Waals surface area contributed by atoms with Crippen LogP contribution in [0.5, 0.6) is 0 Å². The van der Waals surface area contributed by atoms with E-state index in [0.29, 0.717) is 44.2 Å². The van der Waals surface area contributed by atoms with Gasteiger partial charge in [0.2, 0.25) is 17.7 Å². The highest BCUT2D eigenvalue weighted by atomic mass is 16.2. The van der Waals surface area contributed by atoms with E-state index in [1.54, 1.807) is 0 Å². The fourth-order valence-corrected chi connectivity index (χ4v) is 7.82. The van der Waals surface area contributed by atoms with E-state index in [0.717, 1.165) is 55.0 Å². The van der Waals surface area contributed by atoms with Gasteiger partial charge in [-0.05, 0) is 62.6 Å². The summed E-state index contributed by atoms with van der Waals surface area (Å²) in [6, 6.07) is 18.2. The van der Waals surface area contributed by atoms with Crippen LogP contribution in [0.15, 0.2) is 60.7 Å². The van der Waals surface area contributed by atoms with Crippen LogP contribution in [0.2, 0.25) is 0 Å². The van der Waals surface area contributed by atoms with Crippen molar-refractivity contribution in [3.8, 4) is 0 Å². The van der Waals surface area contributed by atoms with E-state index in [1.807, 2.05) is 72.3 Å². The number of rotatable bonds is 10. The van der Waals surface area contributed by atoms with Crippen LogP contribution in [0.3, 0.4) is 0 Å². The van der Waals surface area contributed by atoms with Gasteiger partial charge >= 0.3 is 0 Å². The molecule has 3 aliphatic rings. The molecule has 2 aromatic carbocycles. The van der Waals surface area contributed by atoms with E-state index in [2.05, 4.69) is 21.3 Å². The maximum Gasteiger partial charge on any atom is 0.268 e. The number of nitrogens with zero attached hydrogens (tertiary/aromatic N) is 1. The Labute approximate surface area is 276 Å². The Kier molecular flexibility index (Phi) is 9.96. The second kappa shape index (κ2) is 14.3. The highest BCUT2D eigenvalue weighted by molar-refractivity contribution is 6.02. The van der Waals surface area contributed by atoms with Crippen LogP contribution in [0.25, 0.3) is 10.9 Å². The lowest BCUT2D eigenvalue weighted by molar-refractivity contribution is -0.132. The minimum absolute atomic E-state index is 0.00741. The monoisotopic (exact) mass is 640 g/mol. The molecule has 0 unspecified atom stereocenters. The van der Waals surface area contributed by atoms with Gasteiger partial charge in [-0.3, -0.25) is 19.2 Å². The number of aryl methyl sites for hydroxylation is 1. The largest absolute Gasteiger partial charge is 0.352 e. The molecule has 0 spiro atoms. The van der Waals surface area contributed by atoms with Gasteiger partial charge in [0.05, 0.1) is 0 Å². The molecule has 1 heterocycles. The molecule has 0 aliphatic heterocycles. The van der Waals surface area contributed by atoms with Crippen molar-refractivity contribution < 1.29 is 19.2 Å². The third-order valence-electron chi connectivity index (χ3n) is 10.6. The third kappa shape index (κ3) is 7.38. The smallest absolute Gasteiger partial charge is 0.268 e. The SMILES string of the molecule is Cn1c(C(=O)NC2(C(=O)N[C@H](Cc3ccccc3)C(=O)N[C@H]3CC[C@@H](C(=O)N[C@H]4CCCC[C@@H]4N)C3)CCCC2)cc2ccccc21. The quantitative estimate of drug-likeness (QED) is 0.230. The Morgan fingerprint density at radius 1 is 0.894 bits per heavy atom. The summed E-state index contributed by atoms with van der Waals surface area (Å²) < 4.78 is 1.84. The van der Waals surface area contributed by atoms with Crippen LogP contribution < -0.4 is 27.0 Å². The molecular weight excluding hydrogens is 592 g/mol. The van der Waals surface area contributed by atoms with Gasteiger partial charge in [0.25, 0.3) is 5.91 Å². The number of carbonyl (C=O) groups excluding carboxylic acids is 4. The Balaban J connectivity index is 1.13. The highest BCUT2D eigenvalue weighted by Crippen LogP contribution is 2.32. The minimum Gasteiger partial charge on any atom is -0.352 e. The van der Waals surface area contributed by atoms with Crippen molar-refractivity contribution in [1.82, 2.24) is 25.8 Å².